The average molecular weight is 632 g/mol. The number of aliphatic hydroxyl groups is 1. The van der Waals surface area contributed by atoms with E-state index in [0.29, 0.717) is 0 Å². The Bertz CT molecular complexity index is 1420. The molecule has 46 heavy (non-hydrogen) atoms. The third-order valence-electron chi connectivity index (χ3n) is 7.19. The molecule has 0 spiro atoms. The molecule has 11 heteroatoms. The van der Waals surface area contributed by atoms with Crippen LogP contribution in [0.25, 0.3) is 0 Å². The van der Waals surface area contributed by atoms with Crippen LogP contribution in [0.5, 0.6) is 0 Å². The molecule has 0 fully saturated rings. The highest BCUT2D eigenvalue weighted by atomic mass is 16.5. The van der Waals surface area contributed by atoms with Gasteiger partial charge in [0.15, 0.2) is 0 Å². The van der Waals surface area contributed by atoms with Crippen LogP contribution in [0.3, 0.4) is 0 Å². The molecule has 0 saturated carbocycles. The number of alkyl carbamates (subject to hydrolysis) is 1. The van der Waals surface area contributed by atoms with Gasteiger partial charge in [-0.1, -0.05) is 91.0 Å². The number of nitrogens with zero attached hydrogens (tertiary/aromatic N) is 1. The van der Waals surface area contributed by atoms with Crippen molar-refractivity contribution in [2.24, 2.45) is 5.73 Å². The van der Waals surface area contributed by atoms with Crippen molar-refractivity contribution in [1.82, 2.24) is 20.9 Å². The Labute approximate surface area is 270 Å². The Morgan fingerprint density at radius 3 is 1.93 bits per heavy atom. The highest BCUT2D eigenvalue weighted by Crippen LogP contribution is 2.22. The maximum atomic E-state index is 13.6. The first-order valence-electron chi connectivity index (χ1n) is 15.2. The first kappa shape index (κ1) is 35.6. The fraction of sp³-hybridized carbons (Fsp3) is 0.371. The predicted octanol–water partition coefficient (Wildman–Crippen LogP) is 3.82. The Morgan fingerprint density at radius 2 is 1.39 bits per heavy atom. The van der Waals surface area contributed by atoms with E-state index in [1.807, 2.05) is 94.4 Å². The Hall–Kier alpha value is -4.90. The van der Waals surface area contributed by atoms with Crippen molar-refractivity contribution in [3.05, 3.63) is 108 Å². The number of carbonyl (C=O) groups is 4. The molecule has 6 N–H and O–H groups in total. The van der Waals surface area contributed by atoms with Gasteiger partial charge in [-0.05, 0) is 50.8 Å². The normalized spacial score (nSPS) is 13.8. The van der Waals surface area contributed by atoms with Gasteiger partial charge in [-0.25, -0.2) is 9.59 Å². The SMILES string of the molecule is C[C@@H](c1ccccc1)N(CC(O)C(Cc1ccccc1)NC(=O)C(CC(N)=O)NC(=O)OCc1ccccc1)C(=O)NC(C)(C)C. The number of nitrogens with two attached hydrogens (primary N) is 1. The number of urea groups is 1. The summed E-state index contributed by atoms with van der Waals surface area (Å²) in [5.74, 6) is -1.55. The third-order valence-corrected chi connectivity index (χ3v) is 7.19. The van der Waals surface area contributed by atoms with Crippen LogP contribution < -0.4 is 21.7 Å². The van der Waals surface area contributed by atoms with E-state index in [9.17, 15) is 24.3 Å². The Kier molecular flexibility index (Phi) is 13.1. The van der Waals surface area contributed by atoms with Gasteiger partial charge in [0, 0.05) is 5.54 Å². The summed E-state index contributed by atoms with van der Waals surface area (Å²) in [6.45, 7) is 7.27. The zero-order valence-electron chi connectivity index (χ0n) is 26.8. The number of nitrogens with one attached hydrogen (secondary N) is 3. The second kappa shape index (κ2) is 17.0. The lowest BCUT2D eigenvalue weighted by molar-refractivity contribution is -0.128. The molecule has 4 atom stereocenters. The quantitative estimate of drug-likeness (QED) is 0.182. The maximum Gasteiger partial charge on any atom is 0.408 e. The molecule has 0 aliphatic rings. The summed E-state index contributed by atoms with van der Waals surface area (Å²) in [6, 6.07) is 24.5. The molecule has 0 bridgehead atoms. The molecule has 0 aliphatic carbocycles. The van der Waals surface area contributed by atoms with Crippen LogP contribution in [-0.2, 0) is 27.4 Å². The van der Waals surface area contributed by atoms with E-state index < -0.39 is 54.1 Å². The van der Waals surface area contributed by atoms with Gasteiger partial charge < -0.3 is 36.4 Å². The number of carbonyl (C=O) groups excluding carboxylic acids is 4. The lowest BCUT2D eigenvalue weighted by atomic mass is 9.98. The van der Waals surface area contributed by atoms with Crippen molar-refractivity contribution in [3.63, 3.8) is 0 Å². The Morgan fingerprint density at radius 1 is 0.848 bits per heavy atom. The average Bonchev–Trinajstić information content (AvgIpc) is 3.02. The summed E-state index contributed by atoms with van der Waals surface area (Å²) >= 11 is 0. The van der Waals surface area contributed by atoms with Crippen molar-refractivity contribution in [2.75, 3.05) is 6.54 Å². The van der Waals surface area contributed by atoms with Crippen LogP contribution in [0.15, 0.2) is 91.0 Å². The highest BCUT2D eigenvalue weighted by Gasteiger charge is 2.33. The summed E-state index contributed by atoms with van der Waals surface area (Å²) in [6.07, 6.45) is -2.46. The van der Waals surface area contributed by atoms with Crippen molar-refractivity contribution >= 4 is 23.9 Å². The molecular weight excluding hydrogens is 586 g/mol. The van der Waals surface area contributed by atoms with Crippen LogP contribution in [-0.4, -0.2) is 64.2 Å². The number of hydrogen-bond acceptors (Lipinski definition) is 6. The first-order chi connectivity index (χ1) is 21.8. The molecule has 0 saturated heterocycles. The van der Waals surface area contributed by atoms with E-state index >= 15 is 0 Å². The molecule has 3 aromatic rings. The molecule has 0 aliphatic heterocycles. The topological polar surface area (TPSA) is 163 Å². The third kappa shape index (κ3) is 11.9. The summed E-state index contributed by atoms with van der Waals surface area (Å²) in [5.41, 5.74) is 7.29. The molecule has 0 heterocycles. The van der Waals surface area contributed by atoms with Crippen LogP contribution in [0, 0.1) is 0 Å². The smallest absolute Gasteiger partial charge is 0.408 e. The van der Waals surface area contributed by atoms with Gasteiger partial charge in [0.2, 0.25) is 11.8 Å². The summed E-state index contributed by atoms with van der Waals surface area (Å²) in [4.78, 5) is 53.1. The summed E-state index contributed by atoms with van der Waals surface area (Å²) in [7, 11) is 0. The van der Waals surface area contributed by atoms with E-state index in [1.54, 1.807) is 24.3 Å². The van der Waals surface area contributed by atoms with Crippen LogP contribution in [0.2, 0.25) is 0 Å². The fourth-order valence-corrected chi connectivity index (χ4v) is 4.80. The molecule has 3 aromatic carbocycles. The zero-order chi connectivity index (χ0) is 33.7. The lowest BCUT2D eigenvalue weighted by Crippen LogP contribution is -2.57. The van der Waals surface area contributed by atoms with Gasteiger partial charge in [-0.15, -0.1) is 0 Å². The zero-order valence-corrected chi connectivity index (χ0v) is 26.8. The van der Waals surface area contributed by atoms with Gasteiger partial charge in [-0.3, -0.25) is 9.59 Å². The van der Waals surface area contributed by atoms with Gasteiger partial charge >= 0.3 is 12.1 Å². The van der Waals surface area contributed by atoms with Gasteiger partial charge in [0.1, 0.15) is 12.6 Å². The first-order valence-corrected chi connectivity index (χ1v) is 15.2. The van der Waals surface area contributed by atoms with Crippen molar-refractivity contribution in [2.45, 2.75) is 76.9 Å². The Balaban J connectivity index is 1.83. The van der Waals surface area contributed by atoms with Crippen molar-refractivity contribution < 1.29 is 29.0 Å². The van der Waals surface area contributed by atoms with E-state index in [1.165, 1.54) is 4.90 Å². The molecule has 246 valence electrons. The number of primary amides is 1. The number of amides is 5. The van der Waals surface area contributed by atoms with E-state index in [4.69, 9.17) is 10.5 Å². The monoisotopic (exact) mass is 631 g/mol. The number of aliphatic hydroxyl groups excluding tert-OH is 1. The van der Waals surface area contributed by atoms with Gasteiger partial charge in [-0.2, -0.15) is 0 Å². The lowest BCUT2D eigenvalue weighted by Gasteiger charge is -2.36. The van der Waals surface area contributed by atoms with Gasteiger partial charge in [0.25, 0.3) is 0 Å². The number of ether oxygens (including phenoxy) is 1. The molecule has 11 nitrogen and oxygen atoms in total. The van der Waals surface area contributed by atoms with Crippen LogP contribution >= 0.6 is 0 Å². The van der Waals surface area contributed by atoms with E-state index in [2.05, 4.69) is 16.0 Å². The van der Waals surface area contributed by atoms with Crippen LogP contribution in [0.4, 0.5) is 9.59 Å². The van der Waals surface area contributed by atoms with Gasteiger partial charge in [0.05, 0.1) is 31.2 Å². The minimum atomic E-state index is -1.37. The molecule has 0 aromatic heterocycles. The number of benzene rings is 3. The summed E-state index contributed by atoms with van der Waals surface area (Å²) in [5, 5.41) is 19.8. The molecule has 3 rings (SSSR count). The highest BCUT2D eigenvalue weighted by molar-refractivity contribution is 5.90. The van der Waals surface area contributed by atoms with E-state index in [-0.39, 0.29) is 25.6 Å². The van der Waals surface area contributed by atoms with E-state index in [0.717, 1.165) is 16.7 Å². The molecule has 5 amide bonds. The minimum Gasteiger partial charge on any atom is -0.445 e. The summed E-state index contributed by atoms with van der Waals surface area (Å²) < 4.78 is 5.24. The molecular formula is C35H45N5O6. The number of hydrogen-bond donors (Lipinski definition) is 5. The second-order valence-corrected chi connectivity index (χ2v) is 12.2. The largest absolute Gasteiger partial charge is 0.445 e. The standard InChI is InChI=1S/C35H45N5O6/c1-24(27-18-12-7-13-19-27)40(33(44)39-35(2,3)4)22-30(41)28(20-25-14-8-5-9-15-25)37-32(43)29(21-31(36)42)38-34(45)46-23-26-16-10-6-11-17-26/h5-19,24,28-30,41H,20-23H2,1-4H3,(H2,36,42)(H,37,43)(H,38,45)(H,39,44)/t24-,28?,29?,30?/m0/s1. The number of rotatable bonds is 14. The van der Waals surface area contributed by atoms with Crippen LogP contribution in [0.1, 0.15) is 56.8 Å². The fourth-order valence-electron chi connectivity index (χ4n) is 4.80. The molecule has 0 radical (unpaired) electrons. The van der Waals surface area contributed by atoms with Crippen molar-refractivity contribution in [3.8, 4) is 0 Å². The minimum absolute atomic E-state index is 0.0427. The second-order valence-electron chi connectivity index (χ2n) is 12.2. The maximum absolute atomic E-state index is 13.6. The van der Waals surface area contributed by atoms with Crippen molar-refractivity contribution in [1.29, 1.82) is 0 Å². The molecule has 3 unspecified atom stereocenters. The predicted molar refractivity (Wildman–Crippen MR) is 175 cm³/mol.